The number of carbonyl (C=O) groups excluding carboxylic acids is 1. The van der Waals surface area contributed by atoms with Gasteiger partial charge in [0.05, 0.1) is 12.3 Å². The largest absolute Gasteiger partial charge is 0.466 e. The van der Waals surface area contributed by atoms with Gasteiger partial charge in [-0.3, -0.25) is 14.6 Å². The molecule has 2 rings (SSSR count). The molecule has 0 bridgehead atoms. The van der Waals surface area contributed by atoms with Crippen LogP contribution in [0.3, 0.4) is 0 Å². The molecule has 0 saturated heterocycles. The first-order chi connectivity index (χ1) is 9.09. The minimum Gasteiger partial charge on any atom is -0.466 e. The van der Waals surface area contributed by atoms with Crippen LogP contribution in [-0.2, 0) is 16.1 Å². The molecule has 0 aromatic carbocycles. The lowest BCUT2D eigenvalue weighted by Crippen LogP contribution is -2.08. The molecule has 0 amide bonds. The summed E-state index contributed by atoms with van der Waals surface area (Å²) in [7, 11) is 0. The molecule has 19 heavy (non-hydrogen) atoms. The Morgan fingerprint density at radius 3 is 2.89 bits per heavy atom. The second-order valence-corrected chi connectivity index (χ2v) is 4.31. The van der Waals surface area contributed by atoms with Gasteiger partial charge in [-0.25, -0.2) is 4.98 Å². The van der Waals surface area contributed by atoms with Crippen LogP contribution in [0.15, 0.2) is 6.33 Å². The van der Waals surface area contributed by atoms with E-state index in [9.17, 15) is 4.79 Å². The smallest absolute Gasteiger partial charge is 0.302 e. The highest BCUT2D eigenvalue weighted by Crippen LogP contribution is 2.22. The van der Waals surface area contributed by atoms with Crippen LogP contribution in [-0.4, -0.2) is 37.5 Å². The molecule has 0 aliphatic heterocycles. The van der Waals surface area contributed by atoms with Crippen LogP contribution in [0.4, 0.5) is 0 Å². The summed E-state index contributed by atoms with van der Waals surface area (Å²) in [5, 5.41) is 11.2. The summed E-state index contributed by atoms with van der Waals surface area (Å²) in [5.74, 6) is 0.439. The van der Waals surface area contributed by atoms with Gasteiger partial charge >= 0.3 is 5.97 Å². The maximum absolute atomic E-state index is 10.7. The van der Waals surface area contributed by atoms with Gasteiger partial charge in [-0.2, -0.15) is 10.2 Å². The van der Waals surface area contributed by atoms with E-state index >= 15 is 0 Å². The molecule has 2 heterocycles. The van der Waals surface area contributed by atoms with Crippen LogP contribution in [0.5, 0.6) is 0 Å². The van der Waals surface area contributed by atoms with Crippen molar-refractivity contribution >= 4 is 5.97 Å². The van der Waals surface area contributed by atoms with Crippen LogP contribution < -0.4 is 0 Å². The molecule has 0 saturated carbocycles. The average Bonchev–Trinajstić information content (AvgIpc) is 2.95. The summed E-state index contributed by atoms with van der Waals surface area (Å²) in [6, 6.07) is 0. The fourth-order valence-electron chi connectivity index (χ4n) is 1.88. The SMILES string of the molecule is CC(=O)OCCCn1nc(C)c(C)c1-c1ncn[nH]1. The van der Waals surface area contributed by atoms with E-state index in [1.54, 1.807) is 0 Å². The van der Waals surface area contributed by atoms with Gasteiger partial charge in [0.2, 0.25) is 0 Å². The third kappa shape index (κ3) is 2.98. The summed E-state index contributed by atoms with van der Waals surface area (Å²) in [6.45, 7) is 6.42. The fraction of sp³-hybridized carbons (Fsp3) is 0.500. The van der Waals surface area contributed by atoms with Gasteiger partial charge in [-0.1, -0.05) is 0 Å². The molecule has 7 nitrogen and oxygen atoms in total. The van der Waals surface area contributed by atoms with Gasteiger partial charge < -0.3 is 4.74 Å². The van der Waals surface area contributed by atoms with E-state index in [1.165, 1.54) is 13.3 Å². The molecule has 1 N–H and O–H groups in total. The number of nitrogens with one attached hydrogen (secondary N) is 1. The predicted octanol–water partition coefficient (Wildman–Crippen LogP) is 1.24. The van der Waals surface area contributed by atoms with Crippen molar-refractivity contribution in [3.63, 3.8) is 0 Å². The number of carbonyl (C=O) groups is 1. The molecule has 0 radical (unpaired) electrons. The van der Waals surface area contributed by atoms with Crippen molar-refractivity contribution in [1.29, 1.82) is 0 Å². The Morgan fingerprint density at radius 2 is 2.26 bits per heavy atom. The van der Waals surface area contributed by atoms with Gasteiger partial charge in [0.25, 0.3) is 0 Å². The highest BCUT2D eigenvalue weighted by molar-refractivity contribution is 5.65. The molecule has 2 aromatic heterocycles. The number of ether oxygens (including phenoxy) is 1. The molecule has 0 aliphatic rings. The van der Waals surface area contributed by atoms with Crippen molar-refractivity contribution in [1.82, 2.24) is 25.0 Å². The monoisotopic (exact) mass is 263 g/mol. The second-order valence-electron chi connectivity index (χ2n) is 4.31. The zero-order valence-electron chi connectivity index (χ0n) is 11.3. The van der Waals surface area contributed by atoms with E-state index in [-0.39, 0.29) is 5.97 Å². The number of aromatic nitrogens is 5. The summed E-state index contributed by atoms with van der Waals surface area (Å²) < 4.78 is 6.79. The molecule has 102 valence electrons. The Morgan fingerprint density at radius 1 is 1.47 bits per heavy atom. The van der Waals surface area contributed by atoms with Crippen LogP contribution in [0.2, 0.25) is 0 Å². The van der Waals surface area contributed by atoms with E-state index in [0.717, 1.165) is 17.0 Å². The standard InChI is InChI=1S/C12H17N5O2/c1-8-9(2)16-17(5-4-6-19-10(3)18)11(8)12-13-7-14-15-12/h7H,4-6H2,1-3H3,(H,13,14,15). The highest BCUT2D eigenvalue weighted by atomic mass is 16.5. The van der Waals surface area contributed by atoms with Crippen molar-refractivity contribution < 1.29 is 9.53 Å². The highest BCUT2D eigenvalue weighted by Gasteiger charge is 2.15. The number of H-pyrrole nitrogens is 1. The lowest BCUT2D eigenvalue weighted by atomic mass is 10.2. The Balaban J connectivity index is 2.12. The first-order valence-corrected chi connectivity index (χ1v) is 6.12. The summed E-state index contributed by atoms with van der Waals surface area (Å²) >= 11 is 0. The third-order valence-corrected chi connectivity index (χ3v) is 2.89. The van der Waals surface area contributed by atoms with Crippen molar-refractivity contribution in [2.24, 2.45) is 0 Å². The zero-order chi connectivity index (χ0) is 13.8. The average molecular weight is 263 g/mol. The van der Waals surface area contributed by atoms with E-state index in [1.807, 2.05) is 18.5 Å². The van der Waals surface area contributed by atoms with E-state index < -0.39 is 0 Å². The molecule has 0 spiro atoms. The lowest BCUT2D eigenvalue weighted by molar-refractivity contribution is -0.141. The van der Waals surface area contributed by atoms with Gasteiger partial charge in [-0.15, -0.1) is 0 Å². The Labute approximate surface area is 111 Å². The summed E-state index contributed by atoms with van der Waals surface area (Å²) in [6.07, 6.45) is 2.18. The third-order valence-electron chi connectivity index (χ3n) is 2.89. The van der Waals surface area contributed by atoms with E-state index in [2.05, 4.69) is 20.3 Å². The Bertz CT molecular complexity index is 559. The first-order valence-electron chi connectivity index (χ1n) is 6.12. The molecule has 0 fully saturated rings. The lowest BCUT2D eigenvalue weighted by Gasteiger charge is -2.06. The summed E-state index contributed by atoms with van der Waals surface area (Å²) in [5.41, 5.74) is 2.96. The van der Waals surface area contributed by atoms with Gasteiger partial charge in [0, 0.05) is 25.5 Å². The van der Waals surface area contributed by atoms with Crippen molar-refractivity contribution in [3.05, 3.63) is 17.6 Å². The molecular formula is C12H17N5O2. The summed E-state index contributed by atoms with van der Waals surface area (Å²) in [4.78, 5) is 14.9. The van der Waals surface area contributed by atoms with Crippen LogP contribution in [0.25, 0.3) is 11.5 Å². The normalized spacial score (nSPS) is 10.7. The van der Waals surface area contributed by atoms with Crippen molar-refractivity contribution in [3.8, 4) is 11.5 Å². The molecule has 2 aromatic rings. The molecule has 0 aliphatic carbocycles. The number of rotatable bonds is 5. The van der Waals surface area contributed by atoms with Crippen molar-refractivity contribution in [2.75, 3.05) is 6.61 Å². The zero-order valence-corrected chi connectivity index (χ0v) is 11.3. The van der Waals surface area contributed by atoms with Crippen molar-refractivity contribution in [2.45, 2.75) is 33.7 Å². The van der Waals surface area contributed by atoms with E-state index in [4.69, 9.17) is 4.74 Å². The molecule has 0 atom stereocenters. The fourth-order valence-corrected chi connectivity index (χ4v) is 1.88. The van der Waals surface area contributed by atoms with Gasteiger partial charge in [-0.05, 0) is 13.8 Å². The molecule has 7 heteroatoms. The molecule has 0 unspecified atom stereocenters. The number of aryl methyl sites for hydroxylation is 2. The Hall–Kier alpha value is -2.18. The Kier molecular flexibility index (Phi) is 3.94. The maximum atomic E-state index is 10.7. The van der Waals surface area contributed by atoms with Crippen LogP contribution in [0, 0.1) is 13.8 Å². The molecular weight excluding hydrogens is 246 g/mol. The topological polar surface area (TPSA) is 85.7 Å². The van der Waals surface area contributed by atoms with Crippen LogP contribution >= 0.6 is 0 Å². The first kappa shape index (κ1) is 13.3. The van der Waals surface area contributed by atoms with Gasteiger partial charge in [0.15, 0.2) is 5.82 Å². The number of esters is 1. The van der Waals surface area contributed by atoms with Crippen LogP contribution in [0.1, 0.15) is 24.6 Å². The minimum absolute atomic E-state index is 0.261. The maximum Gasteiger partial charge on any atom is 0.302 e. The van der Waals surface area contributed by atoms with E-state index in [0.29, 0.717) is 25.4 Å². The van der Waals surface area contributed by atoms with Gasteiger partial charge in [0.1, 0.15) is 12.0 Å². The second kappa shape index (κ2) is 5.64. The minimum atomic E-state index is -0.261. The number of aromatic amines is 1. The quantitative estimate of drug-likeness (QED) is 0.648. The predicted molar refractivity (Wildman–Crippen MR) is 68.3 cm³/mol. The number of hydrogen-bond donors (Lipinski definition) is 1. The number of hydrogen-bond acceptors (Lipinski definition) is 5. The number of nitrogens with zero attached hydrogens (tertiary/aromatic N) is 4.